The maximum atomic E-state index is 5.54. The Kier molecular flexibility index (Phi) is 6.27. The van der Waals surface area contributed by atoms with Crippen LogP contribution >= 0.6 is 15.9 Å². The molecule has 0 fully saturated rings. The van der Waals surface area contributed by atoms with Crippen molar-refractivity contribution >= 4 is 15.9 Å². The summed E-state index contributed by atoms with van der Waals surface area (Å²) in [5, 5.41) is 3.64. The van der Waals surface area contributed by atoms with Crippen molar-refractivity contribution in [3.8, 4) is 5.75 Å². The number of benzene rings is 2. The number of halogens is 1. The van der Waals surface area contributed by atoms with Crippen molar-refractivity contribution in [3.05, 3.63) is 64.1 Å². The first-order chi connectivity index (χ1) is 10.2. The second-order valence-electron chi connectivity index (χ2n) is 5.08. The van der Waals surface area contributed by atoms with Gasteiger partial charge >= 0.3 is 0 Å². The summed E-state index contributed by atoms with van der Waals surface area (Å²) >= 11 is 3.56. The Morgan fingerprint density at radius 2 is 1.90 bits per heavy atom. The molecule has 0 aliphatic rings. The number of methoxy groups -OCH3 is 1. The van der Waals surface area contributed by atoms with Gasteiger partial charge in [-0.05, 0) is 43.1 Å². The van der Waals surface area contributed by atoms with Crippen LogP contribution in [0.4, 0.5) is 0 Å². The van der Waals surface area contributed by atoms with Crippen molar-refractivity contribution < 1.29 is 4.74 Å². The minimum absolute atomic E-state index is 0.250. The van der Waals surface area contributed by atoms with E-state index < -0.39 is 0 Å². The molecular weight excluding hydrogens is 326 g/mol. The van der Waals surface area contributed by atoms with Gasteiger partial charge in [-0.3, -0.25) is 0 Å². The first-order valence-corrected chi connectivity index (χ1v) is 8.14. The molecule has 0 aromatic heterocycles. The van der Waals surface area contributed by atoms with Crippen molar-refractivity contribution in [1.29, 1.82) is 0 Å². The molecular formula is C18H22BrNO. The zero-order valence-electron chi connectivity index (χ0n) is 12.6. The second-order valence-corrected chi connectivity index (χ2v) is 6.00. The molecule has 2 aromatic rings. The predicted octanol–water partition coefficient (Wildman–Crippen LogP) is 4.74. The highest BCUT2D eigenvalue weighted by Crippen LogP contribution is 2.30. The van der Waals surface area contributed by atoms with Crippen LogP contribution in [0.15, 0.2) is 53.0 Å². The van der Waals surface area contributed by atoms with Crippen LogP contribution in [0.1, 0.15) is 30.5 Å². The molecule has 2 aromatic carbocycles. The zero-order valence-corrected chi connectivity index (χ0v) is 14.2. The van der Waals surface area contributed by atoms with Crippen LogP contribution in [0.2, 0.25) is 0 Å². The summed E-state index contributed by atoms with van der Waals surface area (Å²) < 4.78 is 6.62. The maximum absolute atomic E-state index is 5.54. The van der Waals surface area contributed by atoms with Crippen LogP contribution < -0.4 is 10.1 Å². The van der Waals surface area contributed by atoms with Gasteiger partial charge in [0, 0.05) is 16.1 Å². The van der Waals surface area contributed by atoms with Crippen LogP contribution in [0.5, 0.6) is 5.75 Å². The van der Waals surface area contributed by atoms with E-state index in [4.69, 9.17) is 4.74 Å². The van der Waals surface area contributed by atoms with E-state index in [1.54, 1.807) is 7.11 Å². The number of ether oxygens (including phenoxy) is 1. The highest BCUT2D eigenvalue weighted by molar-refractivity contribution is 9.10. The van der Waals surface area contributed by atoms with Crippen LogP contribution in [0.3, 0.4) is 0 Å². The van der Waals surface area contributed by atoms with E-state index in [1.807, 2.05) is 12.1 Å². The average molecular weight is 348 g/mol. The van der Waals surface area contributed by atoms with Gasteiger partial charge in [-0.2, -0.15) is 0 Å². The van der Waals surface area contributed by atoms with E-state index in [0.29, 0.717) is 0 Å². The largest absolute Gasteiger partial charge is 0.496 e. The van der Waals surface area contributed by atoms with E-state index in [9.17, 15) is 0 Å². The first kappa shape index (κ1) is 16.1. The number of hydrogen-bond acceptors (Lipinski definition) is 2. The van der Waals surface area contributed by atoms with Crippen LogP contribution in [0.25, 0.3) is 0 Å². The summed E-state index contributed by atoms with van der Waals surface area (Å²) in [6.45, 7) is 3.18. The van der Waals surface area contributed by atoms with Gasteiger partial charge < -0.3 is 10.1 Å². The SMILES string of the molecule is CCCNC(Cc1ccccc1)c1cc(Br)ccc1OC. The van der Waals surface area contributed by atoms with E-state index in [-0.39, 0.29) is 6.04 Å². The summed E-state index contributed by atoms with van der Waals surface area (Å²) in [5.41, 5.74) is 2.53. The third-order valence-electron chi connectivity index (χ3n) is 3.49. The van der Waals surface area contributed by atoms with Crippen LogP contribution in [-0.2, 0) is 6.42 Å². The summed E-state index contributed by atoms with van der Waals surface area (Å²) in [6, 6.07) is 17.0. The fourth-order valence-corrected chi connectivity index (χ4v) is 2.82. The molecule has 0 saturated heterocycles. The third-order valence-corrected chi connectivity index (χ3v) is 3.98. The van der Waals surface area contributed by atoms with Gasteiger partial charge in [0.15, 0.2) is 0 Å². The third kappa shape index (κ3) is 4.58. The summed E-state index contributed by atoms with van der Waals surface area (Å²) in [4.78, 5) is 0. The highest BCUT2D eigenvalue weighted by atomic mass is 79.9. The lowest BCUT2D eigenvalue weighted by Gasteiger charge is -2.22. The fraction of sp³-hybridized carbons (Fsp3) is 0.333. The fourth-order valence-electron chi connectivity index (χ4n) is 2.44. The quantitative estimate of drug-likeness (QED) is 0.780. The molecule has 0 bridgehead atoms. The molecule has 0 spiro atoms. The molecule has 1 N–H and O–H groups in total. The predicted molar refractivity (Wildman–Crippen MR) is 91.9 cm³/mol. The van der Waals surface area contributed by atoms with Gasteiger partial charge in [-0.1, -0.05) is 53.2 Å². The monoisotopic (exact) mass is 347 g/mol. The van der Waals surface area contributed by atoms with E-state index >= 15 is 0 Å². The minimum Gasteiger partial charge on any atom is -0.496 e. The molecule has 2 rings (SSSR count). The molecule has 21 heavy (non-hydrogen) atoms. The Morgan fingerprint density at radius 1 is 1.14 bits per heavy atom. The Labute approximate surface area is 135 Å². The van der Waals surface area contributed by atoms with E-state index in [2.05, 4.69) is 64.6 Å². The van der Waals surface area contributed by atoms with Gasteiger partial charge in [0.05, 0.1) is 7.11 Å². The van der Waals surface area contributed by atoms with Gasteiger partial charge in [-0.25, -0.2) is 0 Å². The minimum atomic E-state index is 0.250. The molecule has 0 heterocycles. The summed E-state index contributed by atoms with van der Waals surface area (Å²) in [7, 11) is 1.73. The van der Waals surface area contributed by atoms with Gasteiger partial charge in [0.1, 0.15) is 5.75 Å². The van der Waals surface area contributed by atoms with Gasteiger partial charge in [0.2, 0.25) is 0 Å². The standard InChI is InChI=1S/C18H22BrNO/c1-3-11-20-17(12-14-7-5-4-6-8-14)16-13-15(19)9-10-18(16)21-2/h4-10,13,17,20H,3,11-12H2,1-2H3. The lowest BCUT2D eigenvalue weighted by Crippen LogP contribution is -2.24. The summed E-state index contributed by atoms with van der Waals surface area (Å²) in [6.07, 6.45) is 2.06. The molecule has 0 aliphatic heterocycles. The Balaban J connectivity index is 2.28. The topological polar surface area (TPSA) is 21.3 Å². The van der Waals surface area contributed by atoms with Crippen LogP contribution in [0, 0.1) is 0 Å². The molecule has 2 nitrogen and oxygen atoms in total. The molecule has 3 heteroatoms. The Morgan fingerprint density at radius 3 is 2.57 bits per heavy atom. The van der Waals surface area contributed by atoms with Gasteiger partial charge in [0.25, 0.3) is 0 Å². The normalized spacial score (nSPS) is 12.1. The molecule has 0 amide bonds. The van der Waals surface area contributed by atoms with E-state index in [0.717, 1.165) is 29.6 Å². The molecule has 0 radical (unpaired) electrons. The highest BCUT2D eigenvalue weighted by Gasteiger charge is 2.16. The van der Waals surface area contributed by atoms with Crippen molar-refractivity contribution in [2.24, 2.45) is 0 Å². The Hall–Kier alpha value is -1.32. The molecule has 0 aliphatic carbocycles. The van der Waals surface area contributed by atoms with Gasteiger partial charge in [-0.15, -0.1) is 0 Å². The second kappa shape index (κ2) is 8.20. The summed E-state index contributed by atoms with van der Waals surface area (Å²) in [5.74, 6) is 0.933. The molecule has 1 unspecified atom stereocenters. The Bertz CT molecular complexity index is 556. The number of rotatable bonds is 7. The average Bonchev–Trinajstić information content (AvgIpc) is 2.52. The smallest absolute Gasteiger partial charge is 0.123 e. The van der Waals surface area contributed by atoms with Crippen molar-refractivity contribution in [1.82, 2.24) is 5.32 Å². The lowest BCUT2D eigenvalue weighted by molar-refractivity contribution is 0.398. The number of hydrogen-bond donors (Lipinski definition) is 1. The molecule has 0 saturated carbocycles. The van der Waals surface area contributed by atoms with Crippen molar-refractivity contribution in [2.75, 3.05) is 13.7 Å². The molecule has 112 valence electrons. The zero-order chi connectivity index (χ0) is 15.1. The van der Waals surface area contributed by atoms with E-state index in [1.165, 1.54) is 11.1 Å². The molecule has 1 atom stereocenters. The first-order valence-electron chi connectivity index (χ1n) is 7.35. The van der Waals surface area contributed by atoms with Crippen LogP contribution in [-0.4, -0.2) is 13.7 Å². The van der Waals surface area contributed by atoms with Crippen molar-refractivity contribution in [2.45, 2.75) is 25.8 Å². The number of nitrogens with one attached hydrogen (secondary N) is 1. The van der Waals surface area contributed by atoms with Crippen molar-refractivity contribution in [3.63, 3.8) is 0 Å². The lowest BCUT2D eigenvalue weighted by atomic mass is 9.98. The maximum Gasteiger partial charge on any atom is 0.123 e.